The minimum atomic E-state index is -1.15. The molecule has 8 nitrogen and oxygen atoms in total. The molecule has 2 heterocycles. The summed E-state index contributed by atoms with van der Waals surface area (Å²) in [7, 11) is 2.02. The molecule has 1 aromatic rings. The summed E-state index contributed by atoms with van der Waals surface area (Å²) in [6, 6.07) is 0.147. The van der Waals surface area contributed by atoms with Crippen LogP contribution in [0.4, 0.5) is 0 Å². The molecule has 0 aliphatic carbocycles. The lowest BCUT2D eigenvalue weighted by Crippen LogP contribution is -2.47. The monoisotopic (exact) mass is 267 g/mol. The number of amides is 1. The largest absolute Gasteiger partial charge is 0.476 e. The Morgan fingerprint density at radius 3 is 3.00 bits per heavy atom. The molecule has 0 aromatic carbocycles. The van der Waals surface area contributed by atoms with Crippen molar-refractivity contribution in [3.63, 3.8) is 0 Å². The number of hydrogen-bond acceptors (Lipinski definition) is 5. The number of aromatic carboxylic acids is 1. The maximum absolute atomic E-state index is 11.8. The van der Waals surface area contributed by atoms with Crippen molar-refractivity contribution in [2.45, 2.75) is 25.4 Å². The summed E-state index contributed by atoms with van der Waals surface area (Å²) in [5.41, 5.74) is -0.162. The smallest absolute Gasteiger partial charge is 0.358 e. The fourth-order valence-electron chi connectivity index (χ4n) is 2.18. The SMILES string of the molecule is CN1CCCC(NC(=O)Cn2cc(C(=O)O)nn2)C1. The molecule has 2 rings (SSSR count). The second-order valence-electron chi connectivity index (χ2n) is 4.78. The van der Waals surface area contributed by atoms with Crippen molar-refractivity contribution in [2.24, 2.45) is 0 Å². The van der Waals surface area contributed by atoms with Crippen molar-refractivity contribution in [3.05, 3.63) is 11.9 Å². The molecule has 1 fully saturated rings. The summed E-state index contributed by atoms with van der Waals surface area (Å²) in [6.45, 7) is 1.88. The van der Waals surface area contributed by atoms with Crippen LogP contribution in [0.1, 0.15) is 23.3 Å². The van der Waals surface area contributed by atoms with Crippen LogP contribution < -0.4 is 5.32 Å². The van der Waals surface area contributed by atoms with Gasteiger partial charge in [-0.3, -0.25) is 4.79 Å². The molecule has 1 aliphatic heterocycles. The van der Waals surface area contributed by atoms with Gasteiger partial charge in [0.15, 0.2) is 5.69 Å². The minimum absolute atomic E-state index is 0.0134. The quantitative estimate of drug-likeness (QED) is 0.739. The summed E-state index contributed by atoms with van der Waals surface area (Å²) in [4.78, 5) is 24.6. The third kappa shape index (κ3) is 3.75. The average molecular weight is 267 g/mol. The van der Waals surface area contributed by atoms with Gasteiger partial charge in [0.1, 0.15) is 6.54 Å². The van der Waals surface area contributed by atoms with E-state index in [0.717, 1.165) is 25.9 Å². The molecule has 0 saturated carbocycles. The Morgan fingerprint density at radius 2 is 2.37 bits per heavy atom. The van der Waals surface area contributed by atoms with Gasteiger partial charge < -0.3 is 15.3 Å². The highest BCUT2D eigenvalue weighted by Crippen LogP contribution is 2.07. The standard InChI is InChI=1S/C11H17N5O3/c1-15-4-2-3-8(5-15)12-10(17)7-16-6-9(11(18)19)13-14-16/h6,8H,2-5,7H2,1H3,(H,12,17)(H,18,19). The maximum Gasteiger partial charge on any atom is 0.358 e. The number of nitrogens with one attached hydrogen (secondary N) is 1. The van der Waals surface area contributed by atoms with Gasteiger partial charge in [-0.05, 0) is 26.4 Å². The van der Waals surface area contributed by atoms with E-state index < -0.39 is 5.97 Å². The number of carboxylic acid groups (broad SMARTS) is 1. The molecule has 8 heteroatoms. The first kappa shape index (κ1) is 13.5. The molecule has 0 bridgehead atoms. The van der Waals surface area contributed by atoms with Crippen LogP contribution in [0.25, 0.3) is 0 Å². The van der Waals surface area contributed by atoms with Gasteiger partial charge in [0.2, 0.25) is 5.91 Å². The summed E-state index contributed by atoms with van der Waals surface area (Å²) >= 11 is 0. The Bertz CT molecular complexity index is 473. The van der Waals surface area contributed by atoms with E-state index in [9.17, 15) is 9.59 Å². The number of hydrogen-bond donors (Lipinski definition) is 2. The molecule has 1 atom stereocenters. The Kier molecular flexibility index (Phi) is 4.10. The average Bonchev–Trinajstić information content (AvgIpc) is 2.77. The number of piperidine rings is 1. The van der Waals surface area contributed by atoms with E-state index in [4.69, 9.17) is 5.11 Å². The number of rotatable bonds is 4. The molecule has 104 valence electrons. The zero-order valence-corrected chi connectivity index (χ0v) is 10.7. The van der Waals surface area contributed by atoms with E-state index in [1.54, 1.807) is 0 Å². The fourth-order valence-corrected chi connectivity index (χ4v) is 2.18. The zero-order chi connectivity index (χ0) is 13.8. The second-order valence-corrected chi connectivity index (χ2v) is 4.78. The number of likely N-dealkylation sites (N-methyl/N-ethyl adjacent to an activating group) is 1. The number of aromatic nitrogens is 3. The van der Waals surface area contributed by atoms with E-state index in [1.165, 1.54) is 10.9 Å². The Labute approximate surface area is 110 Å². The predicted molar refractivity (Wildman–Crippen MR) is 65.6 cm³/mol. The van der Waals surface area contributed by atoms with Gasteiger partial charge >= 0.3 is 5.97 Å². The van der Waals surface area contributed by atoms with E-state index in [0.29, 0.717) is 0 Å². The molecule has 0 radical (unpaired) electrons. The molecule has 2 N–H and O–H groups in total. The van der Waals surface area contributed by atoms with Gasteiger partial charge in [0.05, 0.1) is 6.20 Å². The fraction of sp³-hybridized carbons (Fsp3) is 0.636. The summed E-state index contributed by atoms with van der Waals surface area (Å²) in [5.74, 6) is -1.33. The first-order valence-electron chi connectivity index (χ1n) is 6.16. The van der Waals surface area contributed by atoms with E-state index >= 15 is 0 Å². The second kappa shape index (κ2) is 5.79. The molecule has 19 heavy (non-hydrogen) atoms. The molecular formula is C11H17N5O3. The lowest BCUT2D eigenvalue weighted by atomic mass is 10.1. The van der Waals surface area contributed by atoms with E-state index in [2.05, 4.69) is 20.5 Å². The Morgan fingerprint density at radius 1 is 1.58 bits per heavy atom. The van der Waals surface area contributed by atoms with Crippen LogP contribution in [0.2, 0.25) is 0 Å². The van der Waals surface area contributed by atoms with Crippen molar-refractivity contribution < 1.29 is 14.7 Å². The van der Waals surface area contributed by atoms with Crippen molar-refractivity contribution >= 4 is 11.9 Å². The van der Waals surface area contributed by atoms with Crippen LogP contribution in [-0.2, 0) is 11.3 Å². The molecule has 1 saturated heterocycles. The van der Waals surface area contributed by atoms with Crippen LogP contribution >= 0.6 is 0 Å². The van der Waals surface area contributed by atoms with Crippen molar-refractivity contribution in [1.29, 1.82) is 0 Å². The molecule has 1 aromatic heterocycles. The first-order chi connectivity index (χ1) is 9.04. The lowest BCUT2D eigenvalue weighted by molar-refractivity contribution is -0.122. The van der Waals surface area contributed by atoms with Gasteiger partial charge in [-0.1, -0.05) is 5.21 Å². The van der Waals surface area contributed by atoms with Gasteiger partial charge in [-0.2, -0.15) is 0 Å². The van der Waals surface area contributed by atoms with Gasteiger partial charge in [0, 0.05) is 12.6 Å². The van der Waals surface area contributed by atoms with Crippen LogP contribution in [0.3, 0.4) is 0 Å². The maximum atomic E-state index is 11.8. The number of carbonyl (C=O) groups is 2. The Balaban J connectivity index is 1.84. The molecule has 1 aliphatic rings. The van der Waals surface area contributed by atoms with Crippen LogP contribution in [0.15, 0.2) is 6.20 Å². The van der Waals surface area contributed by atoms with E-state index in [-0.39, 0.29) is 24.2 Å². The van der Waals surface area contributed by atoms with Crippen LogP contribution in [0, 0.1) is 0 Å². The number of likely N-dealkylation sites (tertiary alicyclic amines) is 1. The van der Waals surface area contributed by atoms with Crippen molar-refractivity contribution in [2.75, 3.05) is 20.1 Å². The highest BCUT2D eigenvalue weighted by Gasteiger charge is 2.19. The minimum Gasteiger partial charge on any atom is -0.476 e. The highest BCUT2D eigenvalue weighted by atomic mass is 16.4. The predicted octanol–water partition coefficient (Wildman–Crippen LogP) is -0.813. The topological polar surface area (TPSA) is 100 Å². The molecule has 0 spiro atoms. The van der Waals surface area contributed by atoms with Gasteiger partial charge in [0.25, 0.3) is 0 Å². The Hall–Kier alpha value is -1.96. The third-order valence-electron chi connectivity index (χ3n) is 3.05. The summed E-state index contributed by atoms with van der Waals surface area (Å²) < 4.78 is 1.23. The van der Waals surface area contributed by atoms with E-state index in [1.807, 2.05) is 7.05 Å². The number of nitrogens with zero attached hydrogens (tertiary/aromatic N) is 4. The summed E-state index contributed by atoms with van der Waals surface area (Å²) in [5, 5.41) is 18.7. The first-order valence-corrected chi connectivity index (χ1v) is 6.16. The third-order valence-corrected chi connectivity index (χ3v) is 3.05. The highest BCUT2D eigenvalue weighted by molar-refractivity contribution is 5.84. The lowest BCUT2D eigenvalue weighted by Gasteiger charge is -2.30. The summed E-state index contributed by atoms with van der Waals surface area (Å²) in [6.07, 6.45) is 3.27. The zero-order valence-electron chi connectivity index (χ0n) is 10.7. The number of carboxylic acids is 1. The van der Waals surface area contributed by atoms with Crippen LogP contribution in [-0.4, -0.2) is 63.1 Å². The van der Waals surface area contributed by atoms with Crippen LogP contribution in [0.5, 0.6) is 0 Å². The van der Waals surface area contributed by atoms with Gasteiger partial charge in [-0.15, -0.1) is 5.10 Å². The molecule has 1 unspecified atom stereocenters. The molecular weight excluding hydrogens is 250 g/mol. The molecule has 1 amide bonds. The number of carbonyl (C=O) groups excluding carboxylic acids is 1. The normalized spacial score (nSPS) is 20.2. The van der Waals surface area contributed by atoms with Crippen molar-refractivity contribution in [3.8, 4) is 0 Å². The van der Waals surface area contributed by atoms with Gasteiger partial charge in [-0.25, -0.2) is 9.48 Å². The van der Waals surface area contributed by atoms with Crippen molar-refractivity contribution in [1.82, 2.24) is 25.2 Å².